The fourth-order valence-corrected chi connectivity index (χ4v) is 3.60. The van der Waals surface area contributed by atoms with Crippen LogP contribution in [0.1, 0.15) is 26.7 Å². The van der Waals surface area contributed by atoms with E-state index in [0.717, 1.165) is 35.5 Å². The van der Waals surface area contributed by atoms with Gasteiger partial charge in [-0.3, -0.25) is 0 Å². The summed E-state index contributed by atoms with van der Waals surface area (Å²) in [6.07, 6.45) is 1.79. The summed E-state index contributed by atoms with van der Waals surface area (Å²) in [5.74, 6) is 2.21. The number of hydrogen-bond donors (Lipinski definition) is 2. The summed E-state index contributed by atoms with van der Waals surface area (Å²) < 4.78 is 16.7. The summed E-state index contributed by atoms with van der Waals surface area (Å²) in [4.78, 5) is 23.8. The zero-order valence-electron chi connectivity index (χ0n) is 19.0. The Balaban J connectivity index is 2.19. The van der Waals surface area contributed by atoms with E-state index < -0.39 is 11.9 Å². The molecule has 0 aliphatic rings. The average Bonchev–Trinajstić information content (AvgIpc) is 2.80. The molecule has 5 nitrogen and oxygen atoms in total. The number of hydrogen-bond acceptors (Lipinski definition) is 7. The van der Waals surface area contributed by atoms with Crippen molar-refractivity contribution in [3.8, 4) is 28.4 Å². The monoisotopic (exact) mass is 486 g/mol. The molecule has 0 fully saturated rings. The van der Waals surface area contributed by atoms with Crippen LogP contribution in [0.5, 0.6) is 17.2 Å². The van der Waals surface area contributed by atoms with Gasteiger partial charge in [-0.05, 0) is 79.5 Å². The molecular weight excluding hydrogens is 456 g/mol. The van der Waals surface area contributed by atoms with Crippen LogP contribution in [-0.4, -0.2) is 30.1 Å². The molecule has 176 valence electrons. The number of carbonyl (C=O) groups excluding carboxylic acids is 2. The SMILES string of the molecule is C=C(C)C(=O)Oc1ccc(-c2ccc(OCCCC(CS)CS)c(OC(=O)C(=C)C)c2)cc1. The number of thiol groups is 2. The van der Waals surface area contributed by atoms with Crippen molar-refractivity contribution in [1.82, 2.24) is 0 Å². The Morgan fingerprint density at radius 1 is 0.848 bits per heavy atom. The molecule has 0 saturated heterocycles. The minimum atomic E-state index is -0.524. The van der Waals surface area contributed by atoms with Crippen molar-refractivity contribution in [2.75, 3.05) is 18.1 Å². The average molecular weight is 487 g/mol. The van der Waals surface area contributed by atoms with Gasteiger partial charge in [-0.15, -0.1) is 0 Å². The Kier molecular flexibility index (Phi) is 10.6. The van der Waals surface area contributed by atoms with Gasteiger partial charge in [0.2, 0.25) is 0 Å². The summed E-state index contributed by atoms with van der Waals surface area (Å²) in [7, 11) is 0. The quantitative estimate of drug-likeness (QED) is 0.128. The Hall–Kier alpha value is -2.64. The van der Waals surface area contributed by atoms with Crippen LogP contribution in [0.25, 0.3) is 11.1 Å². The Morgan fingerprint density at radius 3 is 2.00 bits per heavy atom. The Labute approximate surface area is 206 Å². The summed E-state index contributed by atoms with van der Waals surface area (Å²) in [6.45, 7) is 10.9. The van der Waals surface area contributed by atoms with Gasteiger partial charge in [0.25, 0.3) is 0 Å². The molecular formula is C26H30O5S2. The van der Waals surface area contributed by atoms with E-state index in [1.807, 2.05) is 18.2 Å². The molecule has 0 aliphatic carbocycles. The molecule has 7 heteroatoms. The Bertz CT molecular complexity index is 994. The summed E-state index contributed by atoms with van der Waals surface area (Å²) in [5, 5.41) is 0. The summed E-state index contributed by atoms with van der Waals surface area (Å²) in [5.41, 5.74) is 2.29. The zero-order valence-corrected chi connectivity index (χ0v) is 20.8. The Morgan fingerprint density at radius 2 is 1.42 bits per heavy atom. The largest absolute Gasteiger partial charge is 0.490 e. The minimum Gasteiger partial charge on any atom is -0.490 e. The van der Waals surface area contributed by atoms with E-state index >= 15 is 0 Å². The molecule has 33 heavy (non-hydrogen) atoms. The van der Waals surface area contributed by atoms with Gasteiger partial charge >= 0.3 is 11.9 Å². The van der Waals surface area contributed by atoms with Crippen LogP contribution in [0.4, 0.5) is 0 Å². The van der Waals surface area contributed by atoms with E-state index in [-0.39, 0.29) is 0 Å². The van der Waals surface area contributed by atoms with Crippen molar-refractivity contribution < 1.29 is 23.8 Å². The molecule has 0 atom stereocenters. The number of esters is 2. The predicted molar refractivity (Wildman–Crippen MR) is 139 cm³/mol. The standard InChI is InChI=1S/C26H30O5S2/c1-17(2)25(27)30-22-10-7-20(8-11-22)21-9-12-23(24(14-21)31-26(28)18(3)4)29-13-5-6-19(15-32)16-33/h7-12,14,19,32-33H,1,3,5-6,13,15-16H2,2,4H3. The molecule has 2 aromatic carbocycles. The number of benzene rings is 2. The number of rotatable bonds is 12. The van der Waals surface area contributed by atoms with Crippen LogP contribution in [0.3, 0.4) is 0 Å². The molecule has 0 aliphatic heterocycles. The molecule has 0 spiro atoms. The van der Waals surface area contributed by atoms with Crippen LogP contribution in [0.15, 0.2) is 66.8 Å². The summed E-state index contributed by atoms with van der Waals surface area (Å²) in [6, 6.07) is 12.4. The predicted octanol–water partition coefficient (Wildman–Crippen LogP) is 5.95. The van der Waals surface area contributed by atoms with Gasteiger partial charge in [-0.25, -0.2) is 9.59 Å². The first kappa shape index (κ1) is 26.6. The molecule has 0 aromatic heterocycles. The van der Waals surface area contributed by atoms with Crippen molar-refractivity contribution in [3.63, 3.8) is 0 Å². The highest BCUT2D eigenvalue weighted by molar-refractivity contribution is 7.81. The fraction of sp³-hybridized carbons (Fsp3) is 0.308. The third-order valence-electron chi connectivity index (χ3n) is 4.77. The van der Waals surface area contributed by atoms with Crippen LogP contribution in [-0.2, 0) is 9.59 Å². The molecule has 0 heterocycles. The molecule has 0 saturated carbocycles. The van der Waals surface area contributed by atoms with Gasteiger partial charge in [0, 0.05) is 11.1 Å². The first-order chi connectivity index (χ1) is 15.7. The van der Waals surface area contributed by atoms with Gasteiger partial charge < -0.3 is 14.2 Å². The maximum Gasteiger partial charge on any atom is 0.338 e. The normalized spacial score (nSPS) is 10.6. The third-order valence-corrected chi connectivity index (χ3v) is 5.80. The number of carbonyl (C=O) groups is 2. The highest BCUT2D eigenvalue weighted by atomic mass is 32.1. The second kappa shape index (κ2) is 13.2. The van der Waals surface area contributed by atoms with Gasteiger partial charge in [-0.2, -0.15) is 25.3 Å². The van der Waals surface area contributed by atoms with E-state index in [9.17, 15) is 9.59 Å². The van der Waals surface area contributed by atoms with Crippen LogP contribution in [0.2, 0.25) is 0 Å². The summed E-state index contributed by atoms with van der Waals surface area (Å²) >= 11 is 8.67. The van der Waals surface area contributed by atoms with Crippen molar-refractivity contribution in [2.45, 2.75) is 26.7 Å². The lowest BCUT2D eigenvalue weighted by atomic mass is 10.0. The lowest BCUT2D eigenvalue weighted by molar-refractivity contribution is -0.131. The second-order valence-electron chi connectivity index (χ2n) is 7.75. The van der Waals surface area contributed by atoms with E-state index in [1.54, 1.807) is 38.1 Å². The minimum absolute atomic E-state index is 0.292. The van der Waals surface area contributed by atoms with Gasteiger partial charge in [0.05, 0.1) is 6.61 Å². The van der Waals surface area contributed by atoms with Crippen LogP contribution < -0.4 is 14.2 Å². The van der Waals surface area contributed by atoms with Crippen LogP contribution in [0, 0.1) is 5.92 Å². The van der Waals surface area contributed by atoms with Crippen molar-refractivity contribution >= 4 is 37.2 Å². The smallest absolute Gasteiger partial charge is 0.338 e. The third kappa shape index (κ3) is 8.33. The first-order valence-electron chi connectivity index (χ1n) is 10.6. The van der Waals surface area contributed by atoms with E-state index in [2.05, 4.69) is 38.4 Å². The molecule has 2 aromatic rings. The molecule has 0 bridgehead atoms. The number of ether oxygens (including phenoxy) is 3. The zero-order chi connectivity index (χ0) is 24.4. The van der Waals surface area contributed by atoms with Crippen molar-refractivity contribution in [1.29, 1.82) is 0 Å². The first-order valence-corrected chi connectivity index (χ1v) is 11.9. The van der Waals surface area contributed by atoms with Gasteiger partial charge in [0.1, 0.15) is 5.75 Å². The van der Waals surface area contributed by atoms with Crippen molar-refractivity contribution in [2.24, 2.45) is 5.92 Å². The second-order valence-corrected chi connectivity index (χ2v) is 8.48. The van der Waals surface area contributed by atoms with E-state index in [0.29, 0.717) is 40.9 Å². The highest BCUT2D eigenvalue weighted by Gasteiger charge is 2.14. The fourth-order valence-electron chi connectivity index (χ4n) is 2.78. The molecule has 0 radical (unpaired) electrons. The lowest BCUT2D eigenvalue weighted by Gasteiger charge is -2.15. The molecule has 0 amide bonds. The maximum atomic E-state index is 12.2. The van der Waals surface area contributed by atoms with Gasteiger partial charge in [0.15, 0.2) is 11.5 Å². The topological polar surface area (TPSA) is 61.8 Å². The highest BCUT2D eigenvalue weighted by Crippen LogP contribution is 2.34. The van der Waals surface area contributed by atoms with E-state index in [4.69, 9.17) is 14.2 Å². The molecule has 2 rings (SSSR count). The lowest BCUT2D eigenvalue weighted by Crippen LogP contribution is -2.11. The maximum absolute atomic E-state index is 12.2. The molecule has 0 unspecified atom stereocenters. The van der Waals surface area contributed by atoms with E-state index in [1.165, 1.54) is 0 Å². The van der Waals surface area contributed by atoms with Crippen molar-refractivity contribution in [3.05, 3.63) is 66.8 Å². The molecule has 0 N–H and O–H groups in total. The van der Waals surface area contributed by atoms with Gasteiger partial charge in [-0.1, -0.05) is 31.4 Å². The van der Waals surface area contributed by atoms with Crippen LogP contribution >= 0.6 is 25.3 Å².